The molecular formula is C12H18OS. The lowest BCUT2D eigenvalue weighted by atomic mass is 9.93. The maximum Gasteiger partial charge on any atom is 0.122 e. The Bertz CT molecular complexity index is 296. The van der Waals surface area contributed by atoms with E-state index in [1.54, 1.807) is 7.11 Å². The summed E-state index contributed by atoms with van der Waals surface area (Å²) >= 11 is 4.27. The van der Waals surface area contributed by atoms with Crippen molar-refractivity contribution in [2.45, 2.75) is 26.2 Å². The molecule has 1 atom stereocenters. The zero-order valence-corrected chi connectivity index (χ0v) is 9.97. The minimum Gasteiger partial charge on any atom is -0.496 e. The lowest BCUT2D eigenvalue weighted by Gasteiger charge is -2.17. The third-order valence-electron chi connectivity index (χ3n) is 2.56. The van der Waals surface area contributed by atoms with E-state index in [-0.39, 0.29) is 0 Å². The lowest BCUT2D eigenvalue weighted by molar-refractivity contribution is 0.405. The summed E-state index contributed by atoms with van der Waals surface area (Å²) in [5, 5.41) is 0. The van der Waals surface area contributed by atoms with Crippen LogP contribution in [0, 0.1) is 6.92 Å². The van der Waals surface area contributed by atoms with Gasteiger partial charge >= 0.3 is 0 Å². The van der Waals surface area contributed by atoms with Gasteiger partial charge in [-0.3, -0.25) is 0 Å². The zero-order chi connectivity index (χ0) is 10.6. The molecule has 0 aromatic heterocycles. The molecule has 0 heterocycles. The van der Waals surface area contributed by atoms with Crippen molar-refractivity contribution in [1.29, 1.82) is 0 Å². The van der Waals surface area contributed by atoms with E-state index in [1.165, 1.54) is 11.1 Å². The largest absolute Gasteiger partial charge is 0.496 e. The third-order valence-corrected chi connectivity index (χ3v) is 2.82. The fraction of sp³-hybridized carbons (Fsp3) is 0.500. The number of hydrogen-bond donors (Lipinski definition) is 1. The quantitative estimate of drug-likeness (QED) is 0.749. The molecule has 0 fully saturated rings. The number of hydrogen-bond acceptors (Lipinski definition) is 2. The Morgan fingerprint density at radius 2 is 2.14 bits per heavy atom. The molecule has 0 amide bonds. The average Bonchev–Trinajstić information content (AvgIpc) is 2.17. The molecule has 1 aromatic rings. The highest BCUT2D eigenvalue weighted by Crippen LogP contribution is 2.31. The molecule has 0 radical (unpaired) electrons. The van der Waals surface area contributed by atoms with Gasteiger partial charge in [0, 0.05) is 0 Å². The van der Waals surface area contributed by atoms with Crippen LogP contribution in [0.1, 0.15) is 30.4 Å². The Morgan fingerprint density at radius 1 is 1.43 bits per heavy atom. The van der Waals surface area contributed by atoms with E-state index in [4.69, 9.17) is 4.74 Å². The van der Waals surface area contributed by atoms with Gasteiger partial charge in [-0.25, -0.2) is 0 Å². The molecule has 0 aliphatic rings. The molecule has 2 heteroatoms. The lowest BCUT2D eigenvalue weighted by Crippen LogP contribution is -2.01. The second-order valence-corrected chi connectivity index (χ2v) is 4.05. The van der Waals surface area contributed by atoms with Crippen LogP contribution in [-0.4, -0.2) is 12.9 Å². The van der Waals surface area contributed by atoms with Crippen LogP contribution in [0.3, 0.4) is 0 Å². The van der Waals surface area contributed by atoms with Crippen molar-refractivity contribution in [2.75, 3.05) is 12.9 Å². The average molecular weight is 210 g/mol. The molecule has 0 aliphatic carbocycles. The van der Waals surface area contributed by atoms with Gasteiger partial charge in [0.1, 0.15) is 5.75 Å². The molecule has 1 nitrogen and oxygen atoms in total. The van der Waals surface area contributed by atoms with Crippen LogP contribution in [0.2, 0.25) is 0 Å². The van der Waals surface area contributed by atoms with Crippen LogP contribution < -0.4 is 4.74 Å². The molecule has 0 saturated heterocycles. The van der Waals surface area contributed by atoms with E-state index in [2.05, 4.69) is 32.5 Å². The topological polar surface area (TPSA) is 9.23 Å². The third kappa shape index (κ3) is 2.44. The molecule has 1 rings (SSSR count). The summed E-state index contributed by atoms with van der Waals surface area (Å²) in [7, 11) is 1.73. The molecule has 78 valence electrons. The van der Waals surface area contributed by atoms with Gasteiger partial charge in [0.25, 0.3) is 0 Å². The number of thiol groups is 1. The summed E-state index contributed by atoms with van der Waals surface area (Å²) < 4.78 is 5.37. The molecule has 0 spiro atoms. The molecule has 14 heavy (non-hydrogen) atoms. The molecular weight excluding hydrogens is 192 g/mol. The predicted molar refractivity (Wildman–Crippen MR) is 64.6 cm³/mol. The first-order chi connectivity index (χ1) is 6.70. The van der Waals surface area contributed by atoms with Crippen molar-refractivity contribution >= 4 is 12.6 Å². The Morgan fingerprint density at radius 3 is 2.71 bits per heavy atom. The first-order valence-electron chi connectivity index (χ1n) is 4.95. The fourth-order valence-electron chi connectivity index (χ4n) is 1.80. The van der Waals surface area contributed by atoms with Gasteiger partial charge in [-0.2, -0.15) is 12.6 Å². The van der Waals surface area contributed by atoms with E-state index in [0.29, 0.717) is 5.92 Å². The molecule has 1 unspecified atom stereocenters. The van der Waals surface area contributed by atoms with E-state index in [1.807, 2.05) is 12.1 Å². The van der Waals surface area contributed by atoms with Crippen molar-refractivity contribution in [2.24, 2.45) is 0 Å². The minimum atomic E-state index is 0.517. The van der Waals surface area contributed by atoms with Gasteiger partial charge in [0.05, 0.1) is 7.11 Å². The Balaban J connectivity index is 3.03. The monoisotopic (exact) mass is 210 g/mol. The number of aryl methyl sites for hydroxylation is 1. The summed E-state index contributed by atoms with van der Waals surface area (Å²) in [6.07, 6.45) is 1.09. The molecule has 0 saturated carbocycles. The molecule has 0 N–H and O–H groups in total. The fourth-order valence-corrected chi connectivity index (χ4v) is 2.19. The van der Waals surface area contributed by atoms with E-state index in [0.717, 1.165) is 17.9 Å². The van der Waals surface area contributed by atoms with Gasteiger partial charge in [0.2, 0.25) is 0 Å². The number of rotatable bonds is 4. The van der Waals surface area contributed by atoms with Crippen molar-refractivity contribution in [3.05, 3.63) is 29.3 Å². The number of methoxy groups -OCH3 is 1. The minimum absolute atomic E-state index is 0.517. The maximum absolute atomic E-state index is 5.37. The number of benzene rings is 1. The van der Waals surface area contributed by atoms with Gasteiger partial charge in [-0.1, -0.05) is 19.1 Å². The Hall–Kier alpha value is -0.630. The van der Waals surface area contributed by atoms with Crippen LogP contribution in [0.15, 0.2) is 18.2 Å². The van der Waals surface area contributed by atoms with Crippen molar-refractivity contribution in [3.8, 4) is 5.75 Å². The van der Waals surface area contributed by atoms with Crippen molar-refractivity contribution < 1.29 is 4.74 Å². The van der Waals surface area contributed by atoms with Gasteiger partial charge in [-0.15, -0.1) is 0 Å². The SMILES string of the molecule is COc1cccc(C)c1C(C)CCS. The van der Waals surface area contributed by atoms with Crippen LogP contribution in [0.5, 0.6) is 5.75 Å². The van der Waals surface area contributed by atoms with Gasteiger partial charge < -0.3 is 4.74 Å². The highest BCUT2D eigenvalue weighted by atomic mass is 32.1. The first-order valence-corrected chi connectivity index (χ1v) is 5.58. The zero-order valence-electron chi connectivity index (χ0n) is 9.08. The second-order valence-electron chi connectivity index (χ2n) is 3.60. The van der Waals surface area contributed by atoms with E-state index < -0.39 is 0 Å². The predicted octanol–water partition coefficient (Wildman–Crippen LogP) is 3.43. The Labute approximate surface area is 91.9 Å². The first kappa shape index (κ1) is 11.4. The molecule has 0 bridgehead atoms. The van der Waals surface area contributed by atoms with Crippen LogP contribution >= 0.6 is 12.6 Å². The van der Waals surface area contributed by atoms with E-state index in [9.17, 15) is 0 Å². The summed E-state index contributed by atoms with van der Waals surface area (Å²) in [6, 6.07) is 6.19. The highest BCUT2D eigenvalue weighted by Gasteiger charge is 2.12. The maximum atomic E-state index is 5.37. The normalized spacial score (nSPS) is 12.6. The summed E-state index contributed by atoms with van der Waals surface area (Å²) in [5.74, 6) is 2.43. The number of ether oxygens (including phenoxy) is 1. The van der Waals surface area contributed by atoms with Gasteiger partial charge in [-0.05, 0) is 42.2 Å². The van der Waals surface area contributed by atoms with Crippen LogP contribution in [0.25, 0.3) is 0 Å². The van der Waals surface area contributed by atoms with Crippen molar-refractivity contribution in [3.63, 3.8) is 0 Å². The van der Waals surface area contributed by atoms with Crippen LogP contribution in [-0.2, 0) is 0 Å². The Kier molecular flexibility index (Phi) is 4.33. The molecule has 0 aliphatic heterocycles. The smallest absolute Gasteiger partial charge is 0.122 e. The summed E-state index contributed by atoms with van der Waals surface area (Å²) in [5.41, 5.74) is 2.63. The highest BCUT2D eigenvalue weighted by molar-refractivity contribution is 7.80. The van der Waals surface area contributed by atoms with Crippen molar-refractivity contribution in [1.82, 2.24) is 0 Å². The summed E-state index contributed by atoms with van der Waals surface area (Å²) in [4.78, 5) is 0. The van der Waals surface area contributed by atoms with Gasteiger partial charge in [0.15, 0.2) is 0 Å². The summed E-state index contributed by atoms with van der Waals surface area (Å²) in [6.45, 7) is 4.36. The molecule has 1 aromatic carbocycles. The van der Waals surface area contributed by atoms with E-state index >= 15 is 0 Å². The standard InChI is InChI=1S/C12H18OS/c1-9-5-4-6-11(13-3)12(9)10(2)7-8-14/h4-6,10,14H,7-8H2,1-3H3. The van der Waals surface area contributed by atoms with Crippen LogP contribution in [0.4, 0.5) is 0 Å². The second kappa shape index (κ2) is 5.30.